The smallest absolute Gasteiger partial charge is 0.0637 e. The third-order valence-electron chi connectivity index (χ3n) is 39.0. The van der Waals surface area contributed by atoms with Crippen molar-refractivity contribution in [3.63, 3.8) is 0 Å². The van der Waals surface area contributed by atoms with E-state index in [0.717, 1.165) is 148 Å². The molecule has 33 heteroatoms. The van der Waals surface area contributed by atoms with Crippen LogP contribution in [-0.4, -0.2) is 222 Å². The summed E-state index contributed by atoms with van der Waals surface area (Å²) in [7, 11) is 4.49. The Bertz CT molecular complexity index is 4340. The van der Waals surface area contributed by atoms with E-state index in [-0.39, 0.29) is 87.9 Å². The van der Waals surface area contributed by atoms with Crippen molar-refractivity contribution in [2.75, 3.05) is 152 Å². The first-order valence-electron chi connectivity index (χ1n) is 54.1. The van der Waals surface area contributed by atoms with Gasteiger partial charge in [0.15, 0.2) is 0 Å². The lowest BCUT2D eigenvalue weighted by atomic mass is 9.43. The average molecular weight is 1930 g/mol. The molecule has 12 fully saturated rings. The number of azide groups is 6. The minimum absolute atomic E-state index is 0.0237. The molecule has 2 aromatic carbocycles. The number of aliphatic hydroxyl groups is 1. The number of aliphatic hydroxyl groups excluding tert-OH is 1. The lowest BCUT2D eigenvalue weighted by Gasteiger charge is -2.64. The van der Waals surface area contributed by atoms with Gasteiger partial charge in [-0.1, -0.05) is 154 Å². The molecule has 12 aliphatic carbocycles. The second-order valence-corrected chi connectivity index (χ2v) is 45.8. The van der Waals surface area contributed by atoms with Gasteiger partial charge in [-0.3, -0.25) is 0 Å². The van der Waals surface area contributed by atoms with Gasteiger partial charge in [0.2, 0.25) is 0 Å². The van der Waals surface area contributed by atoms with Gasteiger partial charge >= 0.3 is 0 Å². The molecular weight excluding hydrogens is 1760 g/mol. The zero-order chi connectivity index (χ0) is 99.2. The number of hydrogen-bond acceptors (Lipinski definition) is 21. The van der Waals surface area contributed by atoms with E-state index in [1.165, 1.54) is 62.5 Å². The lowest BCUT2D eigenvalue weighted by Crippen LogP contribution is -2.63. The van der Waals surface area contributed by atoms with Gasteiger partial charge in [0.1, 0.15) is 0 Å². The number of nitrogens with two attached hydrogens (primary N) is 3. The molecule has 33 nitrogen and oxygen atoms in total. The standard InChI is InChI=1S/C38H60N10O3.C38H66N4O3.C30H51N9O4/c1-27(9-8-19-48(4)26-28-10-6-5-7-11-28)31-12-13-32-36-33(25-35(38(31,32)3)51-22-18-44-47-41)37(2)15-14-30(49-20-16-42-45-39)23-29(37)24-34(36)50-21-17-43-46-40;1-27(9-8-19-42(4)26-28-10-6-5-7-11-28)31-12-13-32-36-33(25-35(38(31,32)3)45-22-18-41)37(2)15-14-30(43-20-16-39)23-29(37)24-34(36)44-21-17-40;1-20(5-4-13-40)23-6-7-24-28-25(19-27(30(23,24)3)43-16-12-36-39-33)29(2)9-8-22(41-14-10-34-37-31)17-21(29)18-26(28)42-15-11-35-38-32/h5-7,10-11,27,29-36H,8-9,12-26H2,1-4H3;5-7,10-11,27,29-36H,8-9,12-26,39-41H2,1-4H3;20-28,40H,4-19H2,1-3H3/t2*27-,29-,30+,31+,32-,33-,34+,35-,36-,37-,38+;20-,21-,22+,23+,24-,25-,26+,27-,28-,29-,30+/m000/s1. The Kier molecular flexibility index (Phi) is 43.5. The molecule has 12 aliphatic rings. The van der Waals surface area contributed by atoms with Crippen molar-refractivity contribution in [3.8, 4) is 0 Å². The van der Waals surface area contributed by atoms with E-state index in [0.29, 0.717) is 231 Å². The normalized spacial score (nSPS) is 37.2. The maximum Gasteiger partial charge on any atom is 0.0637 e. The molecule has 0 radical (unpaired) electrons. The van der Waals surface area contributed by atoms with Crippen LogP contribution in [0.3, 0.4) is 0 Å². The Morgan fingerprint density at radius 2 is 0.626 bits per heavy atom. The van der Waals surface area contributed by atoms with E-state index >= 15 is 0 Å². The van der Waals surface area contributed by atoms with Crippen LogP contribution in [0.2, 0.25) is 0 Å². The van der Waals surface area contributed by atoms with Crippen molar-refractivity contribution in [1.82, 2.24) is 9.80 Å². The number of ether oxygens (including phenoxy) is 9. The van der Waals surface area contributed by atoms with Gasteiger partial charge in [0.05, 0.1) is 114 Å². The van der Waals surface area contributed by atoms with Crippen LogP contribution < -0.4 is 17.2 Å². The molecule has 12 saturated carbocycles. The van der Waals surface area contributed by atoms with Crippen molar-refractivity contribution in [1.29, 1.82) is 0 Å². The first-order valence-corrected chi connectivity index (χ1v) is 54.1. The molecule has 0 bridgehead atoms. The van der Waals surface area contributed by atoms with Gasteiger partial charge in [-0.2, -0.15) is 0 Å². The summed E-state index contributed by atoms with van der Waals surface area (Å²) < 4.78 is 59.3. The van der Waals surface area contributed by atoms with Crippen molar-refractivity contribution in [3.05, 3.63) is 134 Å². The Morgan fingerprint density at radius 1 is 0.353 bits per heavy atom. The van der Waals surface area contributed by atoms with Crippen LogP contribution in [0.4, 0.5) is 0 Å². The molecule has 0 unspecified atom stereocenters. The van der Waals surface area contributed by atoms with Crippen LogP contribution >= 0.6 is 0 Å². The molecule has 0 aromatic heterocycles. The largest absolute Gasteiger partial charge is 0.396 e. The Morgan fingerprint density at radius 3 is 0.935 bits per heavy atom. The number of benzene rings is 2. The number of hydrogen-bond donors (Lipinski definition) is 4. The Labute approximate surface area is 830 Å². The summed E-state index contributed by atoms with van der Waals surface area (Å²) in [5.74, 6) is 9.07. The number of rotatable bonds is 51. The van der Waals surface area contributed by atoms with Gasteiger partial charge in [0.25, 0.3) is 0 Å². The lowest BCUT2D eigenvalue weighted by molar-refractivity contribution is -0.226. The molecule has 0 spiro atoms. The minimum Gasteiger partial charge on any atom is -0.396 e. The second kappa shape index (κ2) is 54.2. The maximum absolute atomic E-state index is 9.57. The zero-order valence-electron chi connectivity index (χ0n) is 86.5. The summed E-state index contributed by atoms with van der Waals surface area (Å²) in [5.41, 5.74) is 74.3. The predicted molar refractivity (Wildman–Crippen MR) is 545 cm³/mol. The van der Waals surface area contributed by atoms with Gasteiger partial charge in [-0.15, -0.1) is 0 Å². The fraction of sp³-hybridized carbons (Fsp3) is 0.887. The van der Waals surface area contributed by atoms with Gasteiger partial charge in [-0.25, -0.2) is 0 Å². The van der Waals surface area contributed by atoms with Crippen molar-refractivity contribution in [2.24, 2.45) is 187 Å². The average Bonchev–Trinajstić information content (AvgIpc) is 1.64. The molecule has 7 N–H and O–H groups in total. The highest BCUT2D eigenvalue weighted by Crippen LogP contribution is 2.74. The van der Waals surface area contributed by atoms with Crippen molar-refractivity contribution in [2.45, 2.75) is 304 Å². The number of nitrogens with zero attached hydrogens (tertiary/aromatic N) is 20. The van der Waals surface area contributed by atoms with Crippen LogP contribution in [0, 0.1) is 139 Å². The molecule has 33 atom stereocenters. The van der Waals surface area contributed by atoms with E-state index in [4.69, 9.17) is 93.0 Å². The molecule has 0 heterocycles. The molecule has 776 valence electrons. The highest BCUT2D eigenvalue weighted by Gasteiger charge is 2.71. The van der Waals surface area contributed by atoms with Gasteiger partial charge in [0, 0.05) is 124 Å². The summed E-state index contributed by atoms with van der Waals surface area (Å²) >= 11 is 0. The number of fused-ring (bicyclic) bond motifs is 15. The van der Waals surface area contributed by atoms with E-state index in [9.17, 15) is 5.11 Å². The summed E-state index contributed by atoms with van der Waals surface area (Å²) in [6.45, 7) is 35.2. The maximum atomic E-state index is 9.57. The first kappa shape index (κ1) is 111. The Balaban J connectivity index is 0.000000188. The second-order valence-electron chi connectivity index (χ2n) is 45.8. The van der Waals surface area contributed by atoms with Crippen LogP contribution in [0.1, 0.15) is 247 Å². The molecule has 0 saturated heterocycles. The first-order chi connectivity index (χ1) is 67.4. The highest BCUT2D eigenvalue weighted by molar-refractivity contribution is 5.21. The van der Waals surface area contributed by atoms with Crippen molar-refractivity contribution < 1.29 is 47.7 Å². The molecular formula is C106H177N23O10. The minimum atomic E-state index is -0.0520. The summed E-state index contributed by atoms with van der Waals surface area (Å²) in [6, 6.07) is 21.5. The van der Waals surface area contributed by atoms with Crippen LogP contribution in [-0.2, 0) is 55.7 Å². The molecule has 139 heavy (non-hydrogen) atoms. The molecule has 0 aliphatic heterocycles. The highest BCUT2D eigenvalue weighted by atomic mass is 16.5. The van der Waals surface area contributed by atoms with Crippen LogP contribution in [0.5, 0.6) is 0 Å². The summed E-state index contributed by atoms with van der Waals surface area (Å²) in [6.07, 6.45) is 30.9. The van der Waals surface area contributed by atoms with Crippen LogP contribution in [0.15, 0.2) is 91.3 Å². The fourth-order valence-electron chi connectivity index (χ4n) is 32.7. The third kappa shape index (κ3) is 26.6. The molecule has 2 aromatic rings. The summed E-state index contributed by atoms with van der Waals surface area (Å²) in [5, 5.41) is 32.0. The molecule has 14 rings (SSSR count). The Hall–Kier alpha value is -6.30. The third-order valence-corrected chi connectivity index (χ3v) is 39.0. The molecule has 0 amide bonds. The summed E-state index contributed by atoms with van der Waals surface area (Å²) in [4.78, 5) is 22.5. The zero-order valence-corrected chi connectivity index (χ0v) is 86.5. The van der Waals surface area contributed by atoms with E-state index in [1.54, 1.807) is 0 Å². The van der Waals surface area contributed by atoms with E-state index in [2.05, 4.69) is 207 Å². The van der Waals surface area contributed by atoms with Gasteiger partial charge in [-0.05, 0) is 368 Å². The van der Waals surface area contributed by atoms with E-state index in [1.807, 2.05) is 0 Å². The van der Waals surface area contributed by atoms with E-state index < -0.39 is 0 Å². The fourth-order valence-corrected chi connectivity index (χ4v) is 32.7. The monoisotopic (exact) mass is 1930 g/mol. The van der Waals surface area contributed by atoms with Gasteiger partial charge < -0.3 is 74.7 Å². The quantitative estimate of drug-likeness (QED) is 0.0207. The van der Waals surface area contributed by atoms with Crippen molar-refractivity contribution >= 4 is 0 Å². The SMILES string of the molecule is C[C@@H](CCCN(C)Cc1ccccc1)[C@H]1CC[C@H]2[C@@H]3[C@H](OCCN)C[C@@H]4C[C@H](OCCN)CC[C@]4(C)[C@H]3C[C@H](OCCN)[C@]12C.C[C@@H](CCCN(C)Cc1ccccc1)[C@H]1CC[C@H]2[C@@H]3[C@H](OCCN=[N+]=[N-])C[C@@H]4C[C@H](OCCN=[N+]=[N-])CC[C@]4(C)[C@H]3C[C@H](OCCN=[N+]=[N-])[C@]12C.C[C@@H](CCCO)[C@H]1CC[C@H]2[C@@H]3[C@H](OCCN=[N+]=[N-])C[C@@H]4C[C@H](OCCN=[N+]=[N-])CC[C@]4(C)[C@H]3C[C@H](OCCN=[N+]=[N-])[C@]12C. The van der Waals surface area contributed by atoms with Crippen LogP contribution in [0.25, 0.3) is 62.7 Å². The predicted octanol–water partition coefficient (Wildman–Crippen LogP) is 22.3. The topological polar surface area (TPSA) is 480 Å².